The van der Waals surface area contributed by atoms with Gasteiger partial charge in [0.25, 0.3) is 0 Å². The van der Waals surface area contributed by atoms with E-state index in [9.17, 15) is 13.2 Å². The molecule has 23 heavy (non-hydrogen) atoms. The minimum atomic E-state index is -3.50. The van der Waals surface area contributed by atoms with Gasteiger partial charge in [0.15, 0.2) is 0 Å². The molecule has 1 aromatic rings. The average molecular weight is 341 g/mol. The second-order valence-corrected chi connectivity index (χ2v) is 7.48. The number of piperazine rings is 1. The number of aromatic nitrogens is 2. The number of nitrogens with zero attached hydrogens (tertiary/aromatic N) is 4. The summed E-state index contributed by atoms with van der Waals surface area (Å²) in [6.07, 6.45) is 2.03. The number of nitrogens with two attached hydrogens (primary N) is 1. The molecule has 0 bridgehead atoms. The largest absolute Gasteiger partial charge is 0.353 e. The smallest absolute Gasteiger partial charge is 0.222 e. The molecule has 1 fully saturated rings. The highest BCUT2D eigenvalue weighted by atomic mass is 32.2. The second kappa shape index (κ2) is 7.22. The van der Waals surface area contributed by atoms with E-state index in [1.54, 1.807) is 11.2 Å². The Bertz CT molecular complexity index is 669. The number of primary sulfonamides is 1. The van der Waals surface area contributed by atoms with Crippen molar-refractivity contribution in [1.29, 1.82) is 0 Å². The molecule has 0 spiro atoms. The Morgan fingerprint density at radius 2 is 1.87 bits per heavy atom. The van der Waals surface area contributed by atoms with Crippen LogP contribution in [0.5, 0.6) is 0 Å². The van der Waals surface area contributed by atoms with E-state index >= 15 is 0 Å². The summed E-state index contributed by atoms with van der Waals surface area (Å²) in [5.41, 5.74) is 2.01. The van der Waals surface area contributed by atoms with Gasteiger partial charge in [0.1, 0.15) is 12.1 Å². The molecule has 1 aliphatic heterocycles. The maximum atomic E-state index is 12.1. The van der Waals surface area contributed by atoms with Gasteiger partial charge >= 0.3 is 0 Å². The van der Waals surface area contributed by atoms with Gasteiger partial charge in [0.2, 0.25) is 15.9 Å². The molecule has 2 heterocycles. The monoisotopic (exact) mass is 341 g/mol. The van der Waals surface area contributed by atoms with E-state index in [-0.39, 0.29) is 24.5 Å². The molecule has 0 atom stereocenters. The number of rotatable bonds is 5. The van der Waals surface area contributed by atoms with E-state index in [1.807, 2.05) is 13.8 Å². The summed E-state index contributed by atoms with van der Waals surface area (Å²) in [7, 11) is -3.50. The summed E-state index contributed by atoms with van der Waals surface area (Å²) in [4.78, 5) is 24.5. The van der Waals surface area contributed by atoms with Crippen LogP contribution in [0.2, 0.25) is 0 Å². The predicted molar refractivity (Wildman–Crippen MR) is 87.5 cm³/mol. The van der Waals surface area contributed by atoms with Crippen LogP contribution in [0.15, 0.2) is 6.33 Å². The first-order valence-corrected chi connectivity index (χ1v) is 9.31. The SMILES string of the molecule is Cc1ncnc(N2CCN(C(=O)CCCS(N)(=O)=O)CC2)c1C. The van der Waals surface area contributed by atoms with Gasteiger partial charge < -0.3 is 9.80 Å². The van der Waals surface area contributed by atoms with E-state index in [1.165, 1.54) is 0 Å². The third kappa shape index (κ3) is 4.87. The van der Waals surface area contributed by atoms with E-state index in [4.69, 9.17) is 5.14 Å². The van der Waals surface area contributed by atoms with Crippen molar-refractivity contribution in [2.75, 3.05) is 36.8 Å². The van der Waals surface area contributed by atoms with Crippen LogP contribution in [0.3, 0.4) is 0 Å². The van der Waals surface area contributed by atoms with Crippen molar-refractivity contribution in [1.82, 2.24) is 14.9 Å². The number of anilines is 1. The Kier molecular flexibility index (Phi) is 5.53. The molecule has 9 heteroatoms. The van der Waals surface area contributed by atoms with Crippen LogP contribution in [0.25, 0.3) is 0 Å². The third-order valence-corrected chi connectivity index (χ3v) is 4.92. The molecule has 0 radical (unpaired) electrons. The zero-order valence-electron chi connectivity index (χ0n) is 13.5. The van der Waals surface area contributed by atoms with Crippen molar-refractivity contribution in [3.8, 4) is 0 Å². The van der Waals surface area contributed by atoms with Crippen molar-refractivity contribution in [3.05, 3.63) is 17.6 Å². The molecule has 128 valence electrons. The lowest BCUT2D eigenvalue weighted by molar-refractivity contribution is -0.131. The molecular formula is C14H23N5O3S. The molecule has 0 unspecified atom stereocenters. The molecular weight excluding hydrogens is 318 g/mol. The van der Waals surface area contributed by atoms with Crippen molar-refractivity contribution in [2.45, 2.75) is 26.7 Å². The molecule has 1 saturated heterocycles. The number of carbonyl (C=O) groups excluding carboxylic acids is 1. The topological polar surface area (TPSA) is 109 Å². The highest BCUT2D eigenvalue weighted by Gasteiger charge is 2.23. The molecule has 0 aliphatic carbocycles. The fourth-order valence-electron chi connectivity index (χ4n) is 2.59. The second-order valence-electron chi connectivity index (χ2n) is 5.75. The van der Waals surface area contributed by atoms with Crippen LogP contribution in [0, 0.1) is 13.8 Å². The van der Waals surface area contributed by atoms with Gasteiger partial charge in [0, 0.05) is 43.9 Å². The summed E-state index contributed by atoms with van der Waals surface area (Å²) < 4.78 is 21.8. The Morgan fingerprint density at radius 1 is 1.22 bits per heavy atom. The minimum Gasteiger partial charge on any atom is -0.353 e. The molecule has 0 saturated carbocycles. The molecule has 1 aliphatic rings. The maximum absolute atomic E-state index is 12.1. The Labute approximate surface area is 136 Å². The highest BCUT2D eigenvalue weighted by molar-refractivity contribution is 7.89. The first-order chi connectivity index (χ1) is 10.8. The maximum Gasteiger partial charge on any atom is 0.222 e. The van der Waals surface area contributed by atoms with Crippen LogP contribution in [-0.4, -0.2) is 61.1 Å². The van der Waals surface area contributed by atoms with Gasteiger partial charge in [0.05, 0.1) is 5.75 Å². The normalized spacial score (nSPS) is 15.8. The van der Waals surface area contributed by atoms with E-state index < -0.39 is 10.0 Å². The van der Waals surface area contributed by atoms with Crippen LogP contribution < -0.4 is 10.0 Å². The highest BCUT2D eigenvalue weighted by Crippen LogP contribution is 2.19. The number of hydrogen-bond donors (Lipinski definition) is 1. The third-order valence-electron chi connectivity index (χ3n) is 4.06. The zero-order chi connectivity index (χ0) is 17.0. The van der Waals surface area contributed by atoms with Crippen LogP contribution >= 0.6 is 0 Å². The van der Waals surface area contributed by atoms with Crippen LogP contribution in [0.4, 0.5) is 5.82 Å². The first kappa shape index (κ1) is 17.6. The summed E-state index contributed by atoms with van der Waals surface area (Å²) in [5.74, 6) is 0.737. The average Bonchev–Trinajstić information content (AvgIpc) is 2.49. The van der Waals surface area contributed by atoms with E-state index in [0.717, 1.165) is 17.1 Å². The predicted octanol–water partition coefficient (Wildman–Crippen LogP) is -0.189. The molecule has 1 amide bonds. The number of aryl methyl sites for hydroxylation is 1. The molecule has 1 aromatic heterocycles. The lowest BCUT2D eigenvalue weighted by Crippen LogP contribution is -2.49. The van der Waals surface area contributed by atoms with Gasteiger partial charge in [-0.15, -0.1) is 0 Å². The number of carbonyl (C=O) groups is 1. The zero-order valence-corrected chi connectivity index (χ0v) is 14.3. The molecule has 2 N–H and O–H groups in total. The van der Waals surface area contributed by atoms with Gasteiger partial charge in [-0.1, -0.05) is 0 Å². The lowest BCUT2D eigenvalue weighted by Gasteiger charge is -2.36. The summed E-state index contributed by atoms with van der Waals surface area (Å²) in [6.45, 7) is 6.57. The Balaban J connectivity index is 1.86. The Hall–Kier alpha value is -1.74. The van der Waals surface area contributed by atoms with Crippen LogP contribution in [0.1, 0.15) is 24.1 Å². The van der Waals surface area contributed by atoms with Crippen molar-refractivity contribution in [3.63, 3.8) is 0 Å². The number of hydrogen-bond acceptors (Lipinski definition) is 6. The van der Waals surface area contributed by atoms with E-state index in [0.29, 0.717) is 26.2 Å². The minimum absolute atomic E-state index is 0.0242. The van der Waals surface area contributed by atoms with Gasteiger partial charge in [-0.25, -0.2) is 23.5 Å². The summed E-state index contributed by atoms with van der Waals surface area (Å²) >= 11 is 0. The summed E-state index contributed by atoms with van der Waals surface area (Å²) in [5, 5.41) is 4.94. The fourth-order valence-corrected chi connectivity index (χ4v) is 3.14. The number of amides is 1. The van der Waals surface area contributed by atoms with Crippen molar-refractivity contribution < 1.29 is 13.2 Å². The standard InChI is InChI=1S/C14H23N5O3S/c1-11-12(2)16-10-17-14(11)19-7-5-18(6-8-19)13(20)4-3-9-23(15,21)22/h10H,3-9H2,1-2H3,(H2,15,21,22). The van der Waals surface area contributed by atoms with E-state index in [2.05, 4.69) is 14.9 Å². The quantitative estimate of drug-likeness (QED) is 0.795. The van der Waals surface area contributed by atoms with Gasteiger partial charge in [-0.2, -0.15) is 0 Å². The molecule has 8 nitrogen and oxygen atoms in total. The molecule has 0 aromatic carbocycles. The molecule has 2 rings (SSSR count). The fraction of sp³-hybridized carbons (Fsp3) is 0.643. The first-order valence-electron chi connectivity index (χ1n) is 7.59. The Morgan fingerprint density at radius 3 is 2.48 bits per heavy atom. The van der Waals surface area contributed by atoms with Crippen molar-refractivity contribution in [2.24, 2.45) is 5.14 Å². The van der Waals surface area contributed by atoms with Crippen LogP contribution in [-0.2, 0) is 14.8 Å². The number of sulfonamides is 1. The van der Waals surface area contributed by atoms with Crippen molar-refractivity contribution >= 4 is 21.7 Å². The van der Waals surface area contributed by atoms with Gasteiger partial charge in [-0.05, 0) is 20.3 Å². The summed E-state index contributed by atoms with van der Waals surface area (Å²) in [6, 6.07) is 0. The lowest BCUT2D eigenvalue weighted by atomic mass is 10.2. The van der Waals surface area contributed by atoms with Gasteiger partial charge in [-0.3, -0.25) is 4.79 Å².